The van der Waals surface area contributed by atoms with E-state index in [0.29, 0.717) is 12.0 Å². The maximum atomic E-state index is 6.13. The molecule has 1 aliphatic heterocycles. The number of hydrogen-bond donors (Lipinski definition) is 1. The Labute approximate surface area is 93.3 Å². The number of methoxy groups -OCH3 is 1. The molecule has 0 radical (unpaired) electrons. The fourth-order valence-corrected chi connectivity index (χ4v) is 2.36. The van der Waals surface area contributed by atoms with Crippen molar-refractivity contribution in [3.8, 4) is 0 Å². The summed E-state index contributed by atoms with van der Waals surface area (Å²) in [5, 5.41) is 0. The first-order chi connectivity index (χ1) is 7.15. The number of hydrogen-bond acceptors (Lipinski definition) is 3. The lowest BCUT2D eigenvalue weighted by atomic mass is 9.95. The maximum absolute atomic E-state index is 6.13. The molecular formula is C12H25NO2. The zero-order chi connectivity index (χ0) is 11.3. The molecule has 1 fully saturated rings. The van der Waals surface area contributed by atoms with Gasteiger partial charge in [-0.3, -0.25) is 0 Å². The molecule has 3 atom stereocenters. The van der Waals surface area contributed by atoms with Crippen molar-refractivity contribution in [1.29, 1.82) is 0 Å². The summed E-state index contributed by atoms with van der Waals surface area (Å²) in [7, 11) is 1.75. The number of nitrogens with two attached hydrogens (primary N) is 1. The van der Waals surface area contributed by atoms with Gasteiger partial charge in [-0.15, -0.1) is 0 Å². The van der Waals surface area contributed by atoms with Crippen LogP contribution < -0.4 is 5.73 Å². The standard InChI is InChI=1S/C12H25NO2/c1-9(2)12(14-3)11(13)7-6-10-5-4-8-15-10/h9-12H,4-8,13H2,1-3H3. The van der Waals surface area contributed by atoms with Crippen molar-refractivity contribution in [1.82, 2.24) is 0 Å². The van der Waals surface area contributed by atoms with Gasteiger partial charge in [-0.05, 0) is 31.6 Å². The Kier molecular flexibility index (Phi) is 5.58. The van der Waals surface area contributed by atoms with Gasteiger partial charge < -0.3 is 15.2 Å². The van der Waals surface area contributed by atoms with Crippen LogP contribution in [0.5, 0.6) is 0 Å². The summed E-state index contributed by atoms with van der Waals surface area (Å²) >= 11 is 0. The molecule has 0 saturated carbocycles. The minimum atomic E-state index is 0.138. The average Bonchev–Trinajstić information content (AvgIpc) is 2.67. The monoisotopic (exact) mass is 215 g/mol. The lowest BCUT2D eigenvalue weighted by Crippen LogP contribution is -2.40. The maximum Gasteiger partial charge on any atom is 0.0744 e. The summed E-state index contributed by atoms with van der Waals surface area (Å²) in [4.78, 5) is 0. The van der Waals surface area contributed by atoms with Gasteiger partial charge in [-0.25, -0.2) is 0 Å². The summed E-state index contributed by atoms with van der Waals surface area (Å²) in [6.45, 7) is 5.23. The summed E-state index contributed by atoms with van der Waals surface area (Å²) in [6.07, 6.45) is 5.10. The van der Waals surface area contributed by atoms with Gasteiger partial charge in [0.2, 0.25) is 0 Å². The van der Waals surface area contributed by atoms with Crippen molar-refractivity contribution in [3.63, 3.8) is 0 Å². The summed E-state index contributed by atoms with van der Waals surface area (Å²) in [6, 6.07) is 0.138. The molecular weight excluding hydrogens is 190 g/mol. The van der Waals surface area contributed by atoms with Crippen LogP contribution in [0.15, 0.2) is 0 Å². The quantitative estimate of drug-likeness (QED) is 0.736. The van der Waals surface area contributed by atoms with Gasteiger partial charge in [0.1, 0.15) is 0 Å². The van der Waals surface area contributed by atoms with Crippen LogP contribution in [0.3, 0.4) is 0 Å². The Morgan fingerprint density at radius 2 is 2.20 bits per heavy atom. The number of ether oxygens (including phenoxy) is 2. The molecule has 1 saturated heterocycles. The molecule has 3 unspecified atom stereocenters. The first-order valence-electron chi connectivity index (χ1n) is 6.05. The van der Waals surface area contributed by atoms with Crippen molar-refractivity contribution >= 4 is 0 Å². The van der Waals surface area contributed by atoms with Gasteiger partial charge in [0, 0.05) is 19.8 Å². The molecule has 0 aromatic heterocycles. The molecule has 3 heteroatoms. The Morgan fingerprint density at radius 3 is 2.67 bits per heavy atom. The molecule has 0 amide bonds. The highest BCUT2D eigenvalue weighted by Crippen LogP contribution is 2.20. The minimum Gasteiger partial charge on any atom is -0.380 e. The van der Waals surface area contributed by atoms with Gasteiger partial charge in [-0.1, -0.05) is 13.8 Å². The van der Waals surface area contributed by atoms with Crippen LogP contribution in [0.25, 0.3) is 0 Å². The Bertz CT molecular complexity index is 167. The molecule has 0 bridgehead atoms. The van der Waals surface area contributed by atoms with Crippen LogP contribution in [-0.2, 0) is 9.47 Å². The summed E-state index contributed by atoms with van der Waals surface area (Å²) in [5.74, 6) is 0.481. The van der Waals surface area contributed by atoms with Crippen LogP contribution >= 0.6 is 0 Å². The van der Waals surface area contributed by atoms with Crippen molar-refractivity contribution in [2.75, 3.05) is 13.7 Å². The second kappa shape index (κ2) is 6.46. The molecule has 3 nitrogen and oxygen atoms in total. The molecule has 15 heavy (non-hydrogen) atoms. The van der Waals surface area contributed by atoms with Gasteiger partial charge in [0.25, 0.3) is 0 Å². The Balaban J connectivity index is 2.23. The van der Waals surface area contributed by atoms with Crippen molar-refractivity contribution < 1.29 is 9.47 Å². The zero-order valence-corrected chi connectivity index (χ0v) is 10.2. The largest absolute Gasteiger partial charge is 0.380 e. The molecule has 0 spiro atoms. The molecule has 2 N–H and O–H groups in total. The fraction of sp³-hybridized carbons (Fsp3) is 1.00. The van der Waals surface area contributed by atoms with Crippen LogP contribution in [0.4, 0.5) is 0 Å². The fourth-order valence-electron chi connectivity index (χ4n) is 2.36. The SMILES string of the molecule is COC(C(C)C)C(N)CCC1CCCO1. The Morgan fingerprint density at radius 1 is 1.47 bits per heavy atom. The third-order valence-electron chi connectivity index (χ3n) is 3.20. The van der Waals surface area contributed by atoms with E-state index in [1.165, 1.54) is 12.8 Å². The van der Waals surface area contributed by atoms with E-state index in [0.717, 1.165) is 19.4 Å². The first kappa shape index (κ1) is 12.9. The van der Waals surface area contributed by atoms with Crippen molar-refractivity contribution in [2.45, 2.75) is 57.8 Å². The average molecular weight is 215 g/mol. The van der Waals surface area contributed by atoms with Gasteiger partial charge in [0.15, 0.2) is 0 Å². The van der Waals surface area contributed by atoms with Crippen LogP contribution in [-0.4, -0.2) is 32.0 Å². The predicted molar refractivity (Wildman–Crippen MR) is 61.8 cm³/mol. The highest BCUT2D eigenvalue weighted by atomic mass is 16.5. The van der Waals surface area contributed by atoms with E-state index in [4.69, 9.17) is 15.2 Å². The van der Waals surface area contributed by atoms with Crippen LogP contribution in [0.2, 0.25) is 0 Å². The molecule has 1 aliphatic rings. The third-order valence-corrected chi connectivity index (χ3v) is 3.20. The molecule has 0 aromatic rings. The lowest BCUT2D eigenvalue weighted by Gasteiger charge is -2.26. The van der Waals surface area contributed by atoms with E-state index in [9.17, 15) is 0 Å². The van der Waals surface area contributed by atoms with Crippen molar-refractivity contribution in [3.05, 3.63) is 0 Å². The van der Waals surface area contributed by atoms with E-state index in [1.54, 1.807) is 7.11 Å². The minimum absolute atomic E-state index is 0.138. The number of rotatable bonds is 6. The van der Waals surface area contributed by atoms with Crippen LogP contribution in [0, 0.1) is 5.92 Å². The molecule has 0 aliphatic carbocycles. The van der Waals surface area contributed by atoms with Crippen molar-refractivity contribution in [2.24, 2.45) is 11.7 Å². The van der Waals surface area contributed by atoms with E-state index in [2.05, 4.69) is 13.8 Å². The summed E-state index contributed by atoms with van der Waals surface area (Å²) in [5.41, 5.74) is 6.13. The summed E-state index contributed by atoms with van der Waals surface area (Å²) < 4.78 is 11.0. The normalized spacial score (nSPS) is 25.8. The van der Waals surface area contributed by atoms with Gasteiger partial charge >= 0.3 is 0 Å². The van der Waals surface area contributed by atoms with E-state index < -0.39 is 0 Å². The second-order valence-corrected chi connectivity index (χ2v) is 4.82. The smallest absolute Gasteiger partial charge is 0.0744 e. The van der Waals surface area contributed by atoms with Gasteiger partial charge in [-0.2, -0.15) is 0 Å². The van der Waals surface area contributed by atoms with E-state index >= 15 is 0 Å². The predicted octanol–water partition coefficient (Wildman–Crippen LogP) is 1.94. The highest BCUT2D eigenvalue weighted by molar-refractivity contribution is 4.78. The topological polar surface area (TPSA) is 44.5 Å². The molecule has 1 rings (SSSR count). The van der Waals surface area contributed by atoms with Gasteiger partial charge in [0.05, 0.1) is 12.2 Å². The molecule has 0 aromatic carbocycles. The van der Waals surface area contributed by atoms with Crippen LogP contribution in [0.1, 0.15) is 39.5 Å². The highest BCUT2D eigenvalue weighted by Gasteiger charge is 2.23. The second-order valence-electron chi connectivity index (χ2n) is 4.82. The van der Waals surface area contributed by atoms with E-state index in [-0.39, 0.29) is 12.1 Å². The lowest BCUT2D eigenvalue weighted by molar-refractivity contribution is 0.0343. The first-order valence-corrected chi connectivity index (χ1v) is 6.05. The zero-order valence-electron chi connectivity index (χ0n) is 10.2. The Hall–Kier alpha value is -0.120. The molecule has 90 valence electrons. The molecule has 1 heterocycles. The third kappa shape index (κ3) is 4.09. The van der Waals surface area contributed by atoms with E-state index in [1.807, 2.05) is 0 Å².